The largest absolute Gasteiger partial charge is 0.586 e. The molecule has 0 bridgehead atoms. The third kappa shape index (κ3) is 4.23. The predicted octanol–water partition coefficient (Wildman–Crippen LogP) is 3.48. The zero-order chi connectivity index (χ0) is 14.6. The van der Waals surface area contributed by atoms with E-state index in [0.29, 0.717) is 24.8 Å². The van der Waals surface area contributed by atoms with Crippen LogP contribution in [0.15, 0.2) is 18.2 Å². The number of hydrogen-bond acceptors (Lipinski definition) is 4. The van der Waals surface area contributed by atoms with E-state index in [1.54, 1.807) is 6.07 Å². The summed E-state index contributed by atoms with van der Waals surface area (Å²) < 4.78 is 39.8. The molecule has 1 aromatic carbocycles. The van der Waals surface area contributed by atoms with Crippen LogP contribution in [0, 0.1) is 5.92 Å². The van der Waals surface area contributed by atoms with Crippen molar-refractivity contribution in [3.05, 3.63) is 18.2 Å². The molecule has 20 heavy (non-hydrogen) atoms. The van der Waals surface area contributed by atoms with Crippen molar-refractivity contribution in [2.45, 2.75) is 26.6 Å². The molecule has 1 N–H and O–H groups in total. The Morgan fingerprint density at radius 1 is 1.20 bits per heavy atom. The van der Waals surface area contributed by atoms with Crippen LogP contribution in [0.2, 0.25) is 0 Å². The minimum Gasteiger partial charge on any atom is -0.395 e. The Kier molecular flexibility index (Phi) is 4.65. The second-order valence-electron chi connectivity index (χ2n) is 5.05. The van der Waals surface area contributed by atoms with Crippen LogP contribution < -0.4 is 14.8 Å². The lowest BCUT2D eigenvalue weighted by atomic mass is 10.1. The van der Waals surface area contributed by atoms with Gasteiger partial charge < -0.3 is 19.5 Å². The van der Waals surface area contributed by atoms with Crippen LogP contribution in [-0.4, -0.2) is 26.1 Å². The highest BCUT2D eigenvalue weighted by molar-refractivity contribution is 5.55. The Balaban J connectivity index is 1.73. The molecule has 112 valence electrons. The molecule has 0 unspecified atom stereocenters. The molecule has 0 fully saturated rings. The first-order chi connectivity index (χ1) is 9.46. The summed E-state index contributed by atoms with van der Waals surface area (Å²) in [7, 11) is 0. The van der Waals surface area contributed by atoms with Crippen LogP contribution in [-0.2, 0) is 4.74 Å². The molecule has 0 aliphatic carbocycles. The zero-order valence-corrected chi connectivity index (χ0v) is 11.6. The zero-order valence-electron chi connectivity index (χ0n) is 11.6. The maximum atomic E-state index is 12.8. The second kappa shape index (κ2) is 6.26. The van der Waals surface area contributed by atoms with Crippen molar-refractivity contribution in [2.24, 2.45) is 5.92 Å². The Hall–Kier alpha value is -1.56. The van der Waals surface area contributed by atoms with Gasteiger partial charge in [-0.05, 0) is 24.5 Å². The fourth-order valence-electron chi connectivity index (χ4n) is 1.75. The summed E-state index contributed by atoms with van der Waals surface area (Å²) in [5.41, 5.74) is 0.692. The van der Waals surface area contributed by atoms with E-state index < -0.39 is 6.29 Å². The number of benzene rings is 1. The first-order valence-electron chi connectivity index (χ1n) is 6.68. The van der Waals surface area contributed by atoms with Crippen molar-refractivity contribution in [3.8, 4) is 11.5 Å². The van der Waals surface area contributed by atoms with E-state index in [-0.39, 0.29) is 11.5 Å². The Bertz CT molecular complexity index is 452. The Labute approximate surface area is 117 Å². The maximum absolute atomic E-state index is 12.8. The number of rotatable bonds is 7. The van der Waals surface area contributed by atoms with Crippen molar-refractivity contribution in [1.29, 1.82) is 0 Å². The predicted molar refractivity (Wildman–Crippen MR) is 71.4 cm³/mol. The maximum Gasteiger partial charge on any atom is 0.586 e. The molecule has 0 saturated carbocycles. The number of hydrogen-bond donors (Lipinski definition) is 1. The number of halogens is 2. The lowest BCUT2D eigenvalue weighted by Gasteiger charge is -2.09. The third-order valence-corrected chi connectivity index (χ3v) is 2.82. The molecule has 0 radical (unpaired) electrons. The summed E-state index contributed by atoms with van der Waals surface area (Å²) in [6.07, 6.45) is -2.54. The summed E-state index contributed by atoms with van der Waals surface area (Å²) in [6, 6.07) is 4.61. The highest BCUT2D eigenvalue weighted by atomic mass is 19.3. The SMILES string of the molecule is CC(C)CCOCCNc1ccc2c(c1)OC(F)(F)O2. The van der Waals surface area contributed by atoms with Crippen LogP contribution in [0.25, 0.3) is 0 Å². The summed E-state index contributed by atoms with van der Waals surface area (Å²) >= 11 is 0. The van der Waals surface area contributed by atoms with Gasteiger partial charge >= 0.3 is 6.29 Å². The normalized spacial score (nSPS) is 15.7. The van der Waals surface area contributed by atoms with E-state index in [4.69, 9.17) is 4.74 Å². The van der Waals surface area contributed by atoms with Gasteiger partial charge in [-0.3, -0.25) is 0 Å². The van der Waals surface area contributed by atoms with Gasteiger partial charge in [0.2, 0.25) is 0 Å². The molecule has 0 saturated heterocycles. The van der Waals surface area contributed by atoms with E-state index in [1.165, 1.54) is 12.1 Å². The first kappa shape index (κ1) is 14.8. The summed E-state index contributed by atoms with van der Waals surface area (Å²) in [5.74, 6) is 0.716. The smallest absolute Gasteiger partial charge is 0.395 e. The minimum absolute atomic E-state index is 0.0423. The molecule has 2 rings (SSSR count). The lowest BCUT2D eigenvalue weighted by Crippen LogP contribution is -2.25. The van der Waals surface area contributed by atoms with E-state index >= 15 is 0 Å². The van der Waals surface area contributed by atoms with Gasteiger partial charge in [0.15, 0.2) is 11.5 Å². The topological polar surface area (TPSA) is 39.7 Å². The molecule has 6 heteroatoms. The molecule has 0 aromatic heterocycles. The standard InChI is InChI=1S/C14H19F2NO3/c1-10(2)5-7-18-8-6-17-11-3-4-12-13(9-11)20-14(15,16)19-12/h3-4,9-10,17H,5-8H2,1-2H3. The monoisotopic (exact) mass is 287 g/mol. The number of anilines is 1. The summed E-state index contributed by atoms with van der Waals surface area (Å²) in [4.78, 5) is 0. The second-order valence-corrected chi connectivity index (χ2v) is 5.05. The Morgan fingerprint density at radius 2 is 1.95 bits per heavy atom. The van der Waals surface area contributed by atoms with Gasteiger partial charge in [-0.2, -0.15) is 0 Å². The number of alkyl halides is 2. The lowest BCUT2D eigenvalue weighted by molar-refractivity contribution is -0.286. The van der Waals surface area contributed by atoms with E-state index in [1.807, 2.05) is 0 Å². The van der Waals surface area contributed by atoms with E-state index in [2.05, 4.69) is 28.6 Å². The fraction of sp³-hybridized carbons (Fsp3) is 0.571. The van der Waals surface area contributed by atoms with Crippen molar-refractivity contribution < 1.29 is 23.0 Å². The van der Waals surface area contributed by atoms with Crippen LogP contribution in [0.5, 0.6) is 11.5 Å². The molecule has 1 aliphatic rings. The highest BCUT2D eigenvalue weighted by Gasteiger charge is 2.43. The van der Waals surface area contributed by atoms with Gasteiger partial charge in [-0.15, -0.1) is 8.78 Å². The van der Waals surface area contributed by atoms with Gasteiger partial charge in [0.1, 0.15) is 0 Å². The summed E-state index contributed by atoms with van der Waals surface area (Å²) in [6.45, 7) is 6.19. The van der Waals surface area contributed by atoms with Crippen LogP contribution >= 0.6 is 0 Å². The molecule has 1 aliphatic heterocycles. The fourth-order valence-corrected chi connectivity index (χ4v) is 1.75. The van der Waals surface area contributed by atoms with Crippen molar-refractivity contribution in [2.75, 3.05) is 25.1 Å². The van der Waals surface area contributed by atoms with Gasteiger partial charge in [-0.25, -0.2) is 0 Å². The van der Waals surface area contributed by atoms with Gasteiger partial charge in [0, 0.05) is 24.9 Å². The number of nitrogens with one attached hydrogen (secondary N) is 1. The summed E-state index contributed by atoms with van der Waals surface area (Å²) in [5, 5.41) is 3.08. The number of fused-ring (bicyclic) bond motifs is 1. The molecular formula is C14H19F2NO3. The van der Waals surface area contributed by atoms with Crippen LogP contribution in [0.1, 0.15) is 20.3 Å². The van der Waals surface area contributed by atoms with Crippen LogP contribution in [0.4, 0.5) is 14.5 Å². The van der Waals surface area contributed by atoms with Crippen molar-refractivity contribution in [1.82, 2.24) is 0 Å². The molecule has 1 heterocycles. The quantitative estimate of drug-likeness (QED) is 0.779. The first-order valence-corrected chi connectivity index (χ1v) is 6.68. The minimum atomic E-state index is -3.57. The highest BCUT2D eigenvalue weighted by Crippen LogP contribution is 2.42. The van der Waals surface area contributed by atoms with Gasteiger partial charge in [-0.1, -0.05) is 13.8 Å². The molecular weight excluding hydrogens is 268 g/mol. The average Bonchev–Trinajstić information content (AvgIpc) is 2.66. The molecule has 0 spiro atoms. The van der Waals surface area contributed by atoms with Crippen LogP contribution in [0.3, 0.4) is 0 Å². The Morgan fingerprint density at radius 3 is 2.70 bits per heavy atom. The van der Waals surface area contributed by atoms with Crippen molar-refractivity contribution in [3.63, 3.8) is 0 Å². The van der Waals surface area contributed by atoms with E-state index in [0.717, 1.165) is 13.0 Å². The van der Waals surface area contributed by atoms with Crippen molar-refractivity contribution >= 4 is 5.69 Å². The number of ether oxygens (including phenoxy) is 3. The van der Waals surface area contributed by atoms with E-state index in [9.17, 15) is 8.78 Å². The molecule has 0 atom stereocenters. The third-order valence-electron chi connectivity index (χ3n) is 2.82. The van der Waals surface area contributed by atoms with Gasteiger partial charge in [0.05, 0.1) is 6.61 Å². The molecule has 0 amide bonds. The molecule has 4 nitrogen and oxygen atoms in total. The average molecular weight is 287 g/mol. The molecule has 1 aromatic rings. The van der Waals surface area contributed by atoms with Gasteiger partial charge in [0.25, 0.3) is 0 Å².